The van der Waals surface area contributed by atoms with Crippen molar-refractivity contribution in [2.75, 3.05) is 6.61 Å². The van der Waals surface area contributed by atoms with Gasteiger partial charge in [-0.25, -0.2) is 9.18 Å². The van der Waals surface area contributed by atoms with Crippen LogP contribution in [0.5, 0.6) is 5.75 Å². The number of benzene rings is 2. The lowest BCUT2D eigenvalue weighted by Gasteiger charge is -2.11. The maximum absolute atomic E-state index is 13.2. The maximum Gasteiger partial charge on any atom is 0.335 e. The average Bonchev–Trinajstić information content (AvgIpc) is 2.58. The van der Waals surface area contributed by atoms with E-state index in [-0.39, 0.29) is 11.4 Å². The Bertz CT molecular complexity index is 624. The fourth-order valence-corrected chi connectivity index (χ4v) is 1.82. The summed E-state index contributed by atoms with van der Waals surface area (Å²) in [6, 6.07) is 10.7. The molecule has 0 fully saturated rings. The third-order valence-electron chi connectivity index (χ3n) is 2.66. The lowest BCUT2D eigenvalue weighted by molar-refractivity contribution is 0.0696. The SMILES string of the molecule is C=C.CC.CCOc1cc(C(=O)O)ccc1-c1cccc(F)c1. The second-order valence-corrected chi connectivity index (χ2v) is 3.96. The van der Waals surface area contributed by atoms with Crippen LogP contribution >= 0.6 is 0 Å². The number of rotatable bonds is 4. The van der Waals surface area contributed by atoms with Crippen molar-refractivity contribution in [3.8, 4) is 16.9 Å². The van der Waals surface area contributed by atoms with Gasteiger partial charge < -0.3 is 9.84 Å². The van der Waals surface area contributed by atoms with Crippen LogP contribution in [0.2, 0.25) is 0 Å². The molecule has 0 aromatic heterocycles. The van der Waals surface area contributed by atoms with E-state index in [0.717, 1.165) is 0 Å². The summed E-state index contributed by atoms with van der Waals surface area (Å²) in [5, 5.41) is 8.97. The normalized spacial score (nSPS) is 8.87. The predicted molar refractivity (Wildman–Crippen MR) is 92.6 cm³/mol. The van der Waals surface area contributed by atoms with Gasteiger partial charge in [-0.3, -0.25) is 0 Å². The van der Waals surface area contributed by atoms with Crippen LogP contribution in [0.4, 0.5) is 4.39 Å². The molecule has 0 atom stereocenters. The molecule has 0 saturated heterocycles. The molecule has 0 aliphatic rings. The van der Waals surface area contributed by atoms with Crippen molar-refractivity contribution in [3.63, 3.8) is 0 Å². The van der Waals surface area contributed by atoms with Crippen molar-refractivity contribution >= 4 is 5.97 Å². The first-order chi connectivity index (χ1) is 11.1. The lowest BCUT2D eigenvalue weighted by atomic mass is 10.0. The number of halogens is 1. The summed E-state index contributed by atoms with van der Waals surface area (Å²) >= 11 is 0. The minimum absolute atomic E-state index is 0.142. The van der Waals surface area contributed by atoms with E-state index in [4.69, 9.17) is 9.84 Å². The van der Waals surface area contributed by atoms with E-state index in [9.17, 15) is 9.18 Å². The minimum atomic E-state index is -1.02. The summed E-state index contributed by atoms with van der Waals surface area (Å²) < 4.78 is 18.7. The molecule has 124 valence electrons. The second-order valence-electron chi connectivity index (χ2n) is 3.96. The van der Waals surface area contributed by atoms with E-state index in [0.29, 0.717) is 23.5 Å². The van der Waals surface area contributed by atoms with Gasteiger partial charge in [0, 0.05) is 5.56 Å². The Balaban J connectivity index is 0.00000112. The molecule has 0 bridgehead atoms. The topological polar surface area (TPSA) is 46.5 Å². The zero-order chi connectivity index (χ0) is 17.8. The average molecular weight is 318 g/mol. The zero-order valence-corrected chi connectivity index (χ0v) is 13.8. The summed E-state index contributed by atoms with van der Waals surface area (Å²) in [6.45, 7) is 12.2. The van der Waals surface area contributed by atoms with Gasteiger partial charge in [0.15, 0.2) is 0 Å². The molecular formula is C19H23FO3. The molecule has 1 N–H and O–H groups in total. The largest absolute Gasteiger partial charge is 0.493 e. The quantitative estimate of drug-likeness (QED) is 0.766. The third-order valence-corrected chi connectivity index (χ3v) is 2.66. The van der Waals surface area contributed by atoms with Gasteiger partial charge in [-0.15, -0.1) is 13.2 Å². The number of aromatic carboxylic acids is 1. The fourth-order valence-electron chi connectivity index (χ4n) is 1.82. The minimum Gasteiger partial charge on any atom is -0.493 e. The Morgan fingerprint density at radius 2 is 1.83 bits per heavy atom. The van der Waals surface area contributed by atoms with E-state index < -0.39 is 5.97 Å². The summed E-state index contributed by atoms with van der Waals surface area (Å²) in [5.41, 5.74) is 1.47. The standard InChI is InChI=1S/C15H13FO3.C2H6.C2H4/c1-2-19-14-9-11(15(17)18)6-7-13(14)10-4-3-5-12(16)8-10;2*1-2/h3-9H,2H2,1H3,(H,17,18);1-2H3;1-2H2. The highest BCUT2D eigenvalue weighted by molar-refractivity contribution is 5.89. The molecule has 0 spiro atoms. The molecule has 3 nitrogen and oxygen atoms in total. The van der Waals surface area contributed by atoms with Crippen LogP contribution in [0.1, 0.15) is 31.1 Å². The highest BCUT2D eigenvalue weighted by atomic mass is 19.1. The van der Waals surface area contributed by atoms with Crippen molar-refractivity contribution in [2.24, 2.45) is 0 Å². The molecule has 0 amide bonds. The third kappa shape index (κ3) is 5.94. The number of hydrogen-bond donors (Lipinski definition) is 1. The lowest BCUT2D eigenvalue weighted by Crippen LogP contribution is -2.00. The molecule has 0 unspecified atom stereocenters. The molecule has 0 aliphatic heterocycles. The van der Waals surface area contributed by atoms with Crippen LogP contribution in [-0.4, -0.2) is 17.7 Å². The number of ether oxygens (including phenoxy) is 1. The van der Waals surface area contributed by atoms with Crippen LogP contribution in [0, 0.1) is 5.82 Å². The van der Waals surface area contributed by atoms with Crippen molar-refractivity contribution in [2.45, 2.75) is 20.8 Å². The highest BCUT2D eigenvalue weighted by Gasteiger charge is 2.11. The monoisotopic (exact) mass is 318 g/mol. The van der Waals surface area contributed by atoms with E-state index in [1.165, 1.54) is 24.3 Å². The first kappa shape index (κ1) is 20.4. The van der Waals surface area contributed by atoms with Crippen molar-refractivity contribution in [3.05, 3.63) is 67.0 Å². The van der Waals surface area contributed by atoms with Gasteiger partial charge in [0.25, 0.3) is 0 Å². The van der Waals surface area contributed by atoms with Crippen LogP contribution in [-0.2, 0) is 0 Å². The fraction of sp³-hybridized carbons (Fsp3) is 0.211. The molecule has 0 aliphatic carbocycles. The Hall–Kier alpha value is -2.62. The number of carboxylic acid groups (broad SMARTS) is 1. The summed E-state index contributed by atoms with van der Waals surface area (Å²) in [6.07, 6.45) is 0. The first-order valence-electron chi connectivity index (χ1n) is 7.38. The molecule has 0 saturated carbocycles. The molecule has 0 heterocycles. The molecule has 2 aromatic rings. The van der Waals surface area contributed by atoms with E-state index in [1.54, 1.807) is 18.2 Å². The van der Waals surface area contributed by atoms with Gasteiger partial charge in [-0.05, 0) is 42.8 Å². The van der Waals surface area contributed by atoms with E-state index >= 15 is 0 Å². The maximum atomic E-state index is 13.2. The van der Waals surface area contributed by atoms with Gasteiger partial charge >= 0.3 is 5.97 Å². The van der Waals surface area contributed by atoms with Crippen molar-refractivity contribution < 1.29 is 19.0 Å². The zero-order valence-electron chi connectivity index (χ0n) is 13.8. The second kappa shape index (κ2) is 11.0. The molecule has 23 heavy (non-hydrogen) atoms. The Morgan fingerprint density at radius 3 is 2.35 bits per heavy atom. The number of carbonyl (C=O) groups is 1. The first-order valence-corrected chi connectivity index (χ1v) is 7.38. The van der Waals surface area contributed by atoms with E-state index in [2.05, 4.69) is 13.2 Å². The van der Waals surface area contributed by atoms with Crippen molar-refractivity contribution in [1.29, 1.82) is 0 Å². The Kier molecular flexibility index (Phi) is 9.76. The van der Waals surface area contributed by atoms with Crippen LogP contribution in [0.25, 0.3) is 11.1 Å². The molecule has 0 radical (unpaired) electrons. The highest BCUT2D eigenvalue weighted by Crippen LogP contribution is 2.31. The smallest absolute Gasteiger partial charge is 0.335 e. The molecule has 4 heteroatoms. The molecule has 2 aromatic carbocycles. The Morgan fingerprint density at radius 1 is 1.17 bits per heavy atom. The Labute approximate surface area is 137 Å². The number of carboxylic acids is 1. The van der Waals surface area contributed by atoms with Crippen LogP contribution in [0.3, 0.4) is 0 Å². The summed E-state index contributed by atoms with van der Waals surface area (Å²) in [4.78, 5) is 10.9. The van der Waals surface area contributed by atoms with Gasteiger partial charge in [-0.1, -0.05) is 26.0 Å². The summed E-state index contributed by atoms with van der Waals surface area (Å²) in [7, 11) is 0. The molecule has 2 rings (SSSR count). The predicted octanol–water partition coefficient (Wildman–Crippen LogP) is 5.42. The van der Waals surface area contributed by atoms with Gasteiger partial charge in [0.1, 0.15) is 11.6 Å². The van der Waals surface area contributed by atoms with Crippen LogP contribution < -0.4 is 4.74 Å². The van der Waals surface area contributed by atoms with E-state index in [1.807, 2.05) is 20.8 Å². The van der Waals surface area contributed by atoms with Gasteiger partial charge in [0.05, 0.1) is 12.2 Å². The number of hydrogen-bond acceptors (Lipinski definition) is 2. The van der Waals surface area contributed by atoms with Gasteiger partial charge in [-0.2, -0.15) is 0 Å². The summed E-state index contributed by atoms with van der Waals surface area (Å²) in [5.74, 6) is -0.929. The molecular weight excluding hydrogens is 295 g/mol. The van der Waals surface area contributed by atoms with Gasteiger partial charge in [0.2, 0.25) is 0 Å². The van der Waals surface area contributed by atoms with Crippen LogP contribution in [0.15, 0.2) is 55.6 Å². The van der Waals surface area contributed by atoms with Crippen molar-refractivity contribution in [1.82, 2.24) is 0 Å².